The van der Waals surface area contributed by atoms with E-state index in [1.54, 1.807) is 0 Å². The van der Waals surface area contributed by atoms with Gasteiger partial charge in [0.1, 0.15) is 17.4 Å². The third-order valence-corrected chi connectivity index (χ3v) is 25.6. The van der Waals surface area contributed by atoms with Crippen LogP contribution >= 0.6 is 0 Å². The Bertz CT molecular complexity index is 6880. The van der Waals surface area contributed by atoms with Gasteiger partial charge in [-0.25, -0.2) is 9.59 Å². The van der Waals surface area contributed by atoms with Gasteiger partial charge in [-0.1, -0.05) is 286 Å². The number of fused-ring (bicyclic) bond motifs is 8. The highest BCUT2D eigenvalue weighted by atomic mass is 16.6. The number of ether oxygens (including phenoxy) is 4. The van der Waals surface area contributed by atoms with E-state index in [0.29, 0.717) is 43.4 Å². The number of aromatic nitrogens is 8. The normalized spacial score (nSPS) is 12.4. The minimum atomic E-state index is -0.464. The van der Waals surface area contributed by atoms with E-state index in [1.807, 2.05) is 78.3 Å². The Morgan fingerprint density at radius 3 is 1.17 bits per heavy atom. The van der Waals surface area contributed by atoms with Gasteiger partial charge in [0.15, 0.2) is 0 Å². The molecule has 0 saturated heterocycles. The molecule has 141 heavy (non-hydrogen) atoms. The quantitative estimate of drug-likeness (QED) is 0.0287. The summed E-state index contributed by atoms with van der Waals surface area (Å²) in [5, 5.41) is 21.2. The maximum atomic E-state index is 12.0. The van der Waals surface area contributed by atoms with Crippen molar-refractivity contribution in [3.8, 4) is 6.07 Å². The van der Waals surface area contributed by atoms with Crippen LogP contribution in [-0.4, -0.2) is 96.5 Å². The average Bonchev–Trinajstić information content (AvgIpc) is 1.70. The topological polar surface area (TPSA) is 250 Å². The Hall–Kier alpha value is -12.3. The van der Waals surface area contributed by atoms with Gasteiger partial charge in [0.25, 0.3) is 0 Å². The zero-order valence-corrected chi connectivity index (χ0v) is 92.2. The van der Waals surface area contributed by atoms with Gasteiger partial charge < -0.3 is 64.1 Å². The Kier molecular flexibility index (Phi) is 36.8. The maximum Gasteiger partial charge on any atom is 0.407 e. The molecule has 0 aliphatic heterocycles. The summed E-state index contributed by atoms with van der Waals surface area (Å²) in [6.45, 7) is 80.7. The number of hydrogen-bond acceptors (Lipinski definition) is 8. The zero-order chi connectivity index (χ0) is 105. The highest BCUT2D eigenvalue weighted by Crippen LogP contribution is 2.38. The van der Waals surface area contributed by atoms with Crippen LogP contribution in [0.4, 0.5) is 4.79 Å². The number of nitrogens with zero attached hydrogens (tertiary/aromatic N) is 1. The lowest BCUT2D eigenvalue weighted by Crippen LogP contribution is -2.33. The van der Waals surface area contributed by atoms with Crippen LogP contribution in [0.2, 0.25) is 0 Å². The van der Waals surface area contributed by atoms with Crippen molar-refractivity contribution in [3.05, 3.63) is 284 Å². The molecule has 9 N–H and O–H groups in total. The van der Waals surface area contributed by atoms with Gasteiger partial charge >= 0.3 is 18.0 Å². The van der Waals surface area contributed by atoms with E-state index in [1.165, 1.54) is 122 Å². The van der Waals surface area contributed by atoms with Gasteiger partial charge in [0.05, 0.1) is 31.8 Å². The fourth-order valence-electron chi connectivity index (χ4n) is 16.4. The summed E-state index contributed by atoms with van der Waals surface area (Å²) in [6, 6.07) is 60.6. The second-order valence-corrected chi connectivity index (χ2v) is 47.9. The van der Waals surface area contributed by atoms with Gasteiger partial charge in [-0.15, -0.1) is 0 Å². The molecule has 1 amide bonds. The summed E-state index contributed by atoms with van der Waals surface area (Å²) in [4.78, 5) is 61.7. The van der Waals surface area contributed by atoms with Crippen LogP contribution in [-0.2, 0) is 91.7 Å². The molecular formula is C124H168N10O7. The first-order valence-corrected chi connectivity index (χ1v) is 50.7. The fraction of sp³-hybridized carbons (Fsp3) is 0.452. The van der Waals surface area contributed by atoms with Crippen molar-refractivity contribution in [2.75, 3.05) is 33.0 Å². The molecule has 8 heterocycles. The van der Waals surface area contributed by atoms with Gasteiger partial charge in [-0.3, -0.25) is 4.79 Å². The van der Waals surface area contributed by atoms with Crippen molar-refractivity contribution in [1.29, 1.82) is 5.26 Å². The number of aryl methyl sites for hydroxylation is 1. The monoisotopic (exact) mass is 1910 g/mol. The molecule has 17 heteroatoms. The number of alkyl carbamates (subject to hydrolysis) is 1. The Labute approximate surface area is 842 Å². The molecule has 756 valence electrons. The first-order chi connectivity index (χ1) is 65.5. The molecular weight excluding hydrogens is 1740 g/mol. The molecule has 0 aliphatic carbocycles. The Morgan fingerprint density at radius 1 is 0.369 bits per heavy atom. The number of esters is 2. The van der Waals surface area contributed by atoms with Crippen LogP contribution in [0, 0.1) is 18.3 Å². The SMILES string of the molecule is CC(C)(C)OC(=O)NCCc1c[nH]c2cc(C(C)(C)C)ccc12.CC(C)(C)c1ccc2cc(C#N)[nH]c2c1.CC(C)(C)c1ccc2cc(C(C)(C)C)[nH]c2c1.CCC(C)c1c[nH]c2cc(C(C)(C)C)ccc12.CCOC(=O)Cc1c[nH]c2cc(C(C)(C)C)ccc12.CCOC(=O)c1cc(C(C)(C)C)cc2[nH]ccc12.CCOCCc1c[nH]c2cc(C(C)(C)C)ccc12.Cc1cc2ccc(C(C)(C)C)cc2[nH]1. The minimum absolute atomic E-state index is 0.000540. The lowest BCUT2D eigenvalue weighted by molar-refractivity contribution is -0.142. The molecule has 0 bridgehead atoms. The molecule has 16 aromatic rings. The smallest absolute Gasteiger partial charge is 0.407 e. The molecule has 0 spiro atoms. The fourth-order valence-corrected chi connectivity index (χ4v) is 16.4. The molecule has 0 radical (unpaired) electrons. The van der Waals surface area contributed by atoms with Gasteiger partial charge in [-0.05, 0) is 273 Å². The van der Waals surface area contributed by atoms with E-state index in [9.17, 15) is 14.4 Å². The van der Waals surface area contributed by atoms with E-state index < -0.39 is 5.60 Å². The number of hydrogen-bond donors (Lipinski definition) is 9. The first-order valence-electron chi connectivity index (χ1n) is 50.7. The van der Waals surface area contributed by atoms with Crippen molar-refractivity contribution in [3.63, 3.8) is 0 Å². The minimum Gasteiger partial charge on any atom is -0.466 e. The third kappa shape index (κ3) is 31.6. The summed E-state index contributed by atoms with van der Waals surface area (Å²) in [6.07, 6.45) is 12.9. The van der Waals surface area contributed by atoms with Crippen LogP contribution in [0.15, 0.2) is 195 Å². The maximum absolute atomic E-state index is 12.0. The lowest BCUT2D eigenvalue weighted by Gasteiger charge is -2.20. The third-order valence-electron chi connectivity index (χ3n) is 25.6. The van der Waals surface area contributed by atoms with E-state index in [0.717, 1.165) is 75.4 Å². The van der Waals surface area contributed by atoms with Crippen LogP contribution in [0.25, 0.3) is 87.2 Å². The number of aromatic amines is 8. The Morgan fingerprint density at radius 2 is 0.745 bits per heavy atom. The predicted molar refractivity (Wildman–Crippen MR) is 597 cm³/mol. The summed E-state index contributed by atoms with van der Waals surface area (Å²) in [7, 11) is 0. The zero-order valence-electron chi connectivity index (χ0n) is 92.2. The standard InChI is InChI=1S/C19H28N2O2.C16H21NO2.C16H23NO.2C16H23N.C15H19NO2.C13H14N2.C13H17N/c1-18(2,3)14-7-8-15-13(12-21-16(15)11-14)9-10-20-17(22)23-19(4,5)6;1-5-19-15(18)8-11-10-17-14-9-12(16(2,3)4)6-7-13(11)14;1-5-18-9-8-12-11-17-15-10-13(16(2,3)4)6-7-14(12)15;1-15(2,3)12-8-7-11-9-14(16(4,5)6)17-13(11)10-12;1-6-11(2)14-10-17-15-9-12(16(3,4)5)7-8-13(14)15;1-5-18-14(17)12-8-10(15(2,3)4)9-13-11(12)6-7-16-13;1-13(2,3)10-5-4-9-6-11(8-14)15-12(9)7-10;1-9-7-10-5-6-11(13(2,3)4)8-12(10)14-9/h7-8,11-12,21H,9-10H2,1-6H3,(H,20,22);6-7,9-10,17H,5,8H2,1-4H3;6-7,10-11,17H,5,8-9H2,1-4H3;7-10,17H,1-6H3;7-11,17H,6H2,1-5H3;6-9,16H,5H2,1-4H3;4-7,15H,1-3H3;5-8,14H,1-4H3. The molecule has 1 unspecified atom stereocenters. The molecule has 16 rings (SSSR count). The molecule has 0 aliphatic rings. The summed E-state index contributed by atoms with van der Waals surface area (Å²) >= 11 is 0. The van der Waals surface area contributed by atoms with Crippen molar-refractivity contribution in [2.45, 2.75) is 335 Å². The second kappa shape index (κ2) is 46.2. The van der Waals surface area contributed by atoms with Crippen molar-refractivity contribution < 1.29 is 33.3 Å². The van der Waals surface area contributed by atoms with E-state index >= 15 is 0 Å². The van der Waals surface area contributed by atoms with Crippen LogP contribution in [0.5, 0.6) is 0 Å². The number of carbonyl (C=O) groups excluding carboxylic acids is 3. The van der Waals surface area contributed by atoms with Crippen molar-refractivity contribution in [1.82, 2.24) is 45.2 Å². The van der Waals surface area contributed by atoms with E-state index in [-0.39, 0.29) is 66.8 Å². The lowest BCUT2D eigenvalue weighted by atomic mass is 9.85. The molecule has 17 nitrogen and oxygen atoms in total. The summed E-state index contributed by atoms with van der Waals surface area (Å²) in [5.41, 5.74) is 29.5. The average molecular weight is 1910 g/mol. The Balaban J connectivity index is 0.000000181. The van der Waals surface area contributed by atoms with Gasteiger partial charge in [-0.2, -0.15) is 5.26 Å². The van der Waals surface area contributed by atoms with Gasteiger partial charge in [0, 0.05) is 137 Å². The number of H-pyrrole nitrogens is 8. The van der Waals surface area contributed by atoms with Crippen LogP contribution < -0.4 is 5.32 Å². The molecule has 8 aromatic heterocycles. The van der Waals surface area contributed by atoms with E-state index in [2.05, 4.69) is 417 Å². The summed E-state index contributed by atoms with van der Waals surface area (Å²) in [5.74, 6) is 0.195. The number of nitrogens with one attached hydrogen (secondary N) is 9. The van der Waals surface area contributed by atoms with Gasteiger partial charge in [0.2, 0.25) is 0 Å². The largest absolute Gasteiger partial charge is 0.466 e. The molecule has 1 atom stereocenters. The van der Waals surface area contributed by atoms with E-state index in [4.69, 9.17) is 24.2 Å². The van der Waals surface area contributed by atoms with Crippen molar-refractivity contribution in [2.24, 2.45) is 0 Å². The number of carbonyl (C=O) groups is 3. The van der Waals surface area contributed by atoms with Crippen LogP contribution in [0.3, 0.4) is 0 Å². The summed E-state index contributed by atoms with van der Waals surface area (Å²) < 4.78 is 20.8. The molecule has 8 aromatic carbocycles. The number of rotatable bonds is 14. The predicted octanol–water partition coefficient (Wildman–Crippen LogP) is 32.6. The van der Waals surface area contributed by atoms with Crippen molar-refractivity contribution >= 4 is 105 Å². The number of benzene rings is 8. The number of nitriles is 1. The van der Waals surface area contributed by atoms with Crippen LogP contribution in [0.1, 0.15) is 349 Å². The number of amides is 1. The molecule has 0 saturated carbocycles. The highest BCUT2D eigenvalue weighted by Gasteiger charge is 2.26. The highest BCUT2D eigenvalue weighted by molar-refractivity contribution is 6.04. The second-order valence-electron chi connectivity index (χ2n) is 47.9. The first kappa shape index (κ1) is 112. The molecule has 0 fully saturated rings.